The van der Waals surface area contributed by atoms with Crippen molar-refractivity contribution in [1.29, 1.82) is 0 Å². The zero-order valence-electron chi connectivity index (χ0n) is 8.38. The van der Waals surface area contributed by atoms with E-state index in [2.05, 4.69) is 4.98 Å². The second kappa shape index (κ2) is 4.23. The van der Waals surface area contributed by atoms with Gasteiger partial charge in [0.1, 0.15) is 5.69 Å². The summed E-state index contributed by atoms with van der Waals surface area (Å²) in [5.41, 5.74) is -6.88. The molecule has 0 aliphatic rings. The standard InChI is InChI=1S/C9H5F6NO2/c10-8(11,12)7(18,9(13,14)15)5-1-2-6(4-17)16-3-5/h1-4,18H. The second-order valence-corrected chi connectivity index (χ2v) is 3.30. The van der Waals surface area contributed by atoms with Gasteiger partial charge in [-0.25, -0.2) is 0 Å². The number of rotatable bonds is 2. The third kappa shape index (κ3) is 2.17. The van der Waals surface area contributed by atoms with E-state index in [9.17, 15) is 31.1 Å². The zero-order valence-corrected chi connectivity index (χ0v) is 8.38. The fourth-order valence-corrected chi connectivity index (χ4v) is 1.18. The lowest BCUT2D eigenvalue weighted by molar-refractivity contribution is -0.376. The van der Waals surface area contributed by atoms with Gasteiger partial charge in [-0.2, -0.15) is 26.3 Å². The van der Waals surface area contributed by atoms with Crippen molar-refractivity contribution in [2.45, 2.75) is 18.0 Å². The quantitative estimate of drug-likeness (QED) is 0.664. The van der Waals surface area contributed by atoms with Gasteiger partial charge in [0, 0.05) is 11.8 Å². The molecule has 0 atom stereocenters. The number of hydrogen-bond donors (Lipinski definition) is 1. The highest BCUT2D eigenvalue weighted by Crippen LogP contribution is 2.49. The highest BCUT2D eigenvalue weighted by Gasteiger charge is 2.71. The molecule has 0 radical (unpaired) electrons. The lowest BCUT2D eigenvalue weighted by atomic mass is 9.93. The van der Waals surface area contributed by atoms with E-state index in [-0.39, 0.29) is 18.2 Å². The van der Waals surface area contributed by atoms with E-state index in [4.69, 9.17) is 5.11 Å². The Morgan fingerprint density at radius 1 is 1.06 bits per heavy atom. The zero-order chi connectivity index (χ0) is 14.2. The van der Waals surface area contributed by atoms with E-state index in [1.165, 1.54) is 0 Å². The molecule has 0 saturated heterocycles. The average Bonchev–Trinajstić information content (AvgIpc) is 2.25. The second-order valence-electron chi connectivity index (χ2n) is 3.30. The number of aromatic nitrogens is 1. The van der Waals surface area contributed by atoms with Crippen LogP contribution in [-0.4, -0.2) is 28.7 Å². The van der Waals surface area contributed by atoms with Crippen molar-refractivity contribution in [1.82, 2.24) is 4.98 Å². The predicted molar refractivity (Wildman–Crippen MR) is 45.6 cm³/mol. The van der Waals surface area contributed by atoms with Crippen LogP contribution in [0.1, 0.15) is 16.1 Å². The lowest BCUT2D eigenvalue weighted by Crippen LogP contribution is -2.54. The Morgan fingerprint density at radius 2 is 1.56 bits per heavy atom. The Labute approximate surface area is 96.1 Å². The SMILES string of the molecule is O=Cc1ccc(C(O)(C(F)(F)F)C(F)(F)F)cn1. The molecule has 9 heteroatoms. The molecule has 1 aromatic heterocycles. The number of alkyl halides is 6. The van der Waals surface area contributed by atoms with E-state index in [1.807, 2.05) is 0 Å². The largest absolute Gasteiger partial charge is 0.430 e. The molecule has 0 aliphatic heterocycles. The summed E-state index contributed by atoms with van der Waals surface area (Å²) in [5, 5.41) is 8.94. The normalized spacial score (nSPS) is 13.5. The number of carbonyl (C=O) groups excluding carboxylic acids is 1. The first kappa shape index (κ1) is 14.4. The molecule has 0 spiro atoms. The first-order chi connectivity index (χ1) is 8.04. The van der Waals surface area contributed by atoms with Crippen LogP contribution < -0.4 is 0 Å². The third-order valence-electron chi connectivity index (χ3n) is 2.15. The summed E-state index contributed by atoms with van der Waals surface area (Å²) in [6.45, 7) is 0. The summed E-state index contributed by atoms with van der Waals surface area (Å²) in [6, 6.07) is 0.989. The Bertz CT molecular complexity index is 422. The number of aldehydes is 1. The van der Waals surface area contributed by atoms with E-state index in [0.717, 1.165) is 0 Å². The predicted octanol–water partition coefficient (Wildman–Crippen LogP) is 2.21. The maximum atomic E-state index is 12.4. The van der Waals surface area contributed by atoms with Gasteiger partial charge < -0.3 is 5.11 Å². The summed E-state index contributed by atoms with van der Waals surface area (Å²) >= 11 is 0. The van der Waals surface area contributed by atoms with E-state index < -0.39 is 23.5 Å². The van der Waals surface area contributed by atoms with Gasteiger partial charge in [0.15, 0.2) is 6.29 Å². The van der Waals surface area contributed by atoms with Crippen LogP contribution in [0.25, 0.3) is 0 Å². The van der Waals surface area contributed by atoms with E-state index in [0.29, 0.717) is 12.1 Å². The van der Waals surface area contributed by atoms with Gasteiger partial charge in [0.05, 0.1) is 0 Å². The van der Waals surface area contributed by atoms with Gasteiger partial charge in [0.2, 0.25) is 0 Å². The fraction of sp³-hybridized carbons (Fsp3) is 0.333. The molecule has 0 aromatic carbocycles. The first-order valence-electron chi connectivity index (χ1n) is 4.31. The number of carbonyl (C=O) groups is 1. The molecular weight excluding hydrogens is 268 g/mol. The minimum atomic E-state index is -5.96. The number of hydrogen-bond acceptors (Lipinski definition) is 3. The van der Waals surface area contributed by atoms with Crippen LogP contribution in [0.4, 0.5) is 26.3 Å². The number of nitrogens with zero attached hydrogens (tertiary/aromatic N) is 1. The van der Waals surface area contributed by atoms with Gasteiger partial charge in [0.25, 0.3) is 5.60 Å². The van der Waals surface area contributed by atoms with Gasteiger partial charge in [-0.1, -0.05) is 6.07 Å². The molecule has 0 bridgehead atoms. The lowest BCUT2D eigenvalue weighted by Gasteiger charge is -2.32. The van der Waals surface area contributed by atoms with Crippen molar-refractivity contribution >= 4 is 6.29 Å². The third-order valence-corrected chi connectivity index (χ3v) is 2.15. The first-order valence-corrected chi connectivity index (χ1v) is 4.31. The van der Waals surface area contributed by atoms with Crippen LogP contribution >= 0.6 is 0 Å². The molecule has 18 heavy (non-hydrogen) atoms. The molecule has 0 unspecified atom stereocenters. The van der Waals surface area contributed by atoms with Crippen LogP contribution in [0.3, 0.4) is 0 Å². The summed E-state index contributed by atoms with van der Waals surface area (Å²) in [4.78, 5) is 13.3. The molecular formula is C9H5F6NO2. The molecule has 1 rings (SSSR count). The molecule has 0 saturated carbocycles. The molecule has 1 aromatic rings. The van der Waals surface area contributed by atoms with Crippen molar-refractivity contribution in [2.24, 2.45) is 0 Å². The minimum absolute atomic E-state index is 0.143. The Balaban J connectivity index is 3.40. The van der Waals surface area contributed by atoms with Crippen molar-refractivity contribution in [2.75, 3.05) is 0 Å². The van der Waals surface area contributed by atoms with Crippen LogP contribution in [0.5, 0.6) is 0 Å². The molecule has 100 valence electrons. The van der Waals surface area contributed by atoms with Gasteiger partial charge in [-0.3, -0.25) is 9.78 Å². The van der Waals surface area contributed by atoms with E-state index in [1.54, 1.807) is 0 Å². The topological polar surface area (TPSA) is 50.2 Å². The van der Waals surface area contributed by atoms with Crippen LogP contribution in [0.2, 0.25) is 0 Å². The highest BCUT2D eigenvalue weighted by molar-refractivity contribution is 5.71. The van der Waals surface area contributed by atoms with Gasteiger partial charge in [-0.15, -0.1) is 0 Å². The summed E-state index contributed by atoms with van der Waals surface area (Å²) in [6.07, 6.45) is -11.6. The van der Waals surface area contributed by atoms with Crippen LogP contribution in [0, 0.1) is 0 Å². The number of halogens is 6. The maximum absolute atomic E-state index is 12.4. The van der Waals surface area contributed by atoms with Gasteiger partial charge in [-0.05, 0) is 6.07 Å². The van der Waals surface area contributed by atoms with Crippen LogP contribution in [-0.2, 0) is 5.60 Å². The highest BCUT2D eigenvalue weighted by atomic mass is 19.4. The molecule has 1 N–H and O–H groups in total. The fourth-order valence-electron chi connectivity index (χ4n) is 1.18. The molecule has 0 fully saturated rings. The monoisotopic (exact) mass is 273 g/mol. The van der Waals surface area contributed by atoms with Crippen molar-refractivity contribution in [3.63, 3.8) is 0 Å². The van der Waals surface area contributed by atoms with E-state index >= 15 is 0 Å². The molecule has 3 nitrogen and oxygen atoms in total. The molecule has 1 heterocycles. The Kier molecular flexibility index (Phi) is 3.39. The molecule has 0 amide bonds. The Morgan fingerprint density at radius 3 is 1.83 bits per heavy atom. The Hall–Kier alpha value is -1.64. The van der Waals surface area contributed by atoms with Crippen molar-refractivity contribution in [3.05, 3.63) is 29.6 Å². The van der Waals surface area contributed by atoms with Crippen LogP contribution in [0.15, 0.2) is 18.3 Å². The summed E-state index contributed by atoms with van der Waals surface area (Å²) < 4.78 is 74.4. The number of pyridine rings is 1. The van der Waals surface area contributed by atoms with Gasteiger partial charge >= 0.3 is 12.4 Å². The summed E-state index contributed by atoms with van der Waals surface area (Å²) in [7, 11) is 0. The van der Waals surface area contributed by atoms with Crippen molar-refractivity contribution < 1.29 is 36.2 Å². The molecule has 0 aliphatic carbocycles. The maximum Gasteiger partial charge on any atom is 0.430 e. The van der Waals surface area contributed by atoms with Crippen molar-refractivity contribution in [3.8, 4) is 0 Å². The number of aliphatic hydroxyl groups is 1. The summed E-state index contributed by atoms with van der Waals surface area (Å²) in [5.74, 6) is 0. The smallest absolute Gasteiger partial charge is 0.369 e. The minimum Gasteiger partial charge on any atom is -0.369 e. The average molecular weight is 273 g/mol.